The number of carbonyl (C=O) groups is 1. The van der Waals surface area contributed by atoms with Crippen LogP contribution in [0.15, 0.2) is 0 Å². The van der Waals surface area contributed by atoms with E-state index in [9.17, 15) is 9.90 Å². The Morgan fingerprint density at radius 2 is 1.86 bits per heavy atom. The molecule has 4 fully saturated rings. The average molecular weight is 403 g/mol. The molecule has 28 heavy (non-hydrogen) atoms. The number of methoxy groups -OCH3 is 1. The Hall–Kier alpha value is -0.850. The van der Waals surface area contributed by atoms with E-state index < -0.39 is 59.0 Å². The highest BCUT2D eigenvalue weighted by molar-refractivity contribution is 5.78. The van der Waals surface area contributed by atoms with Crippen molar-refractivity contribution < 1.29 is 43.1 Å². The van der Waals surface area contributed by atoms with E-state index in [-0.39, 0.29) is 20.0 Å². The maximum Gasteiger partial charge on any atom is 0.337 e. The van der Waals surface area contributed by atoms with E-state index in [1.165, 1.54) is 7.11 Å². The van der Waals surface area contributed by atoms with Crippen LogP contribution < -0.4 is 5.73 Å². The number of fused-ring (bicyclic) bond motifs is 4. The molecule has 4 aliphatic rings. The average Bonchev–Trinajstić information content (AvgIpc) is 3.11. The van der Waals surface area contributed by atoms with Gasteiger partial charge in [-0.3, -0.25) is 0 Å². The molecular weight excluding hydrogens is 374 g/mol. The van der Waals surface area contributed by atoms with Gasteiger partial charge in [0.15, 0.2) is 17.7 Å². The summed E-state index contributed by atoms with van der Waals surface area (Å²) in [6.07, 6.45) is -3.92. The molecule has 3 aliphatic heterocycles. The lowest BCUT2D eigenvalue weighted by Crippen LogP contribution is -2.83. The van der Waals surface area contributed by atoms with Crippen molar-refractivity contribution in [2.75, 3.05) is 27.1 Å². The predicted molar refractivity (Wildman–Crippen MR) is 91.8 cm³/mol. The van der Waals surface area contributed by atoms with E-state index >= 15 is 0 Å². The molecule has 0 amide bonds. The number of nitrogens with two attached hydrogens (primary N) is 1. The van der Waals surface area contributed by atoms with Crippen LogP contribution in [0.3, 0.4) is 0 Å². The molecule has 1 saturated carbocycles. The molecule has 3 heterocycles. The van der Waals surface area contributed by atoms with Gasteiger partial charge in [-0.2, -0.15) is 0 Å². The normalized spacial score (nSPS) is 49.0. The van der Waals surface area contributed by atoms with E-state index in [1.807, 2.05) is 0 Å². The van der Waals surface area contributed by atoms with Crippen molar-refractivity contribution in [3.63, 3.8) is 0 Å². The van der Waals surface area contributed by atoms with Crippen LogP contribution in [0.5, 0.6) is 0 Å². The number of hydrogen-bond acceptors (Lipinski definition) is 10. The summed E-state index contributed by atoms with van der Waals surface area (Å²) in [7, 11) is 1.44. The molecule has 0 aromatic rings. The summed E-state index contributed by atoms with van der Waals surface area (Å²) in [5.41, 5.74) is 4.19. The molecule has 0 aromatic heterocycles. The highest BCUT2D eigenvalue weighted by Gasteiger charge is 2.76. The van der Waals surface area contributed by atoms with Gasteiger partial charge in [-0.05, 0) is 27.7 Å². The van der Waals surface area contributed by atoms with Crippen LogP contribution in [0.2, 0.25) is 0 Å². The van der Waals surface area contributed by atoms with E-state index in [0.717, 1.165) is 0 Å². The quantitative estimate of drug-likeness (QED) is 0.459. The van der Waals surface area contributed by atoms with E-state index in [4.69, 9.17) is 38.9 Å². The Morgan fingerprint density at radius 3 is 2.46 bits per heavy atom. The largest absolute Gasteiger partial charge is 0.463 e. The lowest BCUT2D eigenvalue weighted by molar-refractivity contribution is -0.278. The number of aliphatic hydroxyl groups excluding tert-OH is 1. The Bertz CT molecular complexity index is 655. The minimum Gasteiger partial charge on any atom is -0.463 e. The maximum absolute atomic E-state index is 12.5. The molecular formula is C18H29NO9. The van der Waals surface area contributed by atoms with Gasteiger partial charge in [0.2, 0.25) is 0 Å². The van der Waals surface area contributed by atoms with Crippen LogP contribution in [-0.4, -0.2) is 85.3 Å². The summed E-state index contributed by atoms with van der Waals surface area (Å²) < 4.78 is 40.1. The zero-order valence-electron chi connectivity index (χ0n) is 16.8. The van der Waals surface area contributed by atoms with Crippen molar-refractivity contribution in [1.82, 2.24) is 0 Å². The Morgan fingerprint density at radius 1 is 1.18 bits per heavy atom. The topological polar surface area (TPSA) is 128 Å². The second-order valence-corrected chi connectivity index (χ2v) is 8.86. The van der Waals surface area contributed by atoms with Gasteiger partial charge in [0, 0.05) is 13.0 Å². The number of esters is 1. The van der Waals surface area contributed by atoms with Crippen LogP contribution in [0.1, 0.15) is 27.7 Å². The number of hydrogen-bond donors (Lipinski definition) is 2. The summed E-state index contributed by atoms with van der Waals surface area (Å²) in [5, 5.41) is 11.4. The van der Waals surface area contributed by atoms with E-state index in [2.05, 4.69) is 0 Å². The molecule has 0 radical (unpaired) electrons. The van der Waals surface area contributed by atoms with E-state index in [0.29, 0.717) is 0 Å². The standard InChI is InChI=1S/C18H29NO9/c1-15(2)25-7-17(28-15)10(20)9-6-23-14(21)13(24-8-22-5)18(9,19)12-11(17)26-16(3,4)27-12/h9-13,20H,6-8,19H2,1-5H3/t9-,10+,11-,12+,13+,17-,18+/m0/s1. The summed E-state index contributed by atoms with van der Waals surface area (Å²) in [4.78, 5) is 12.5. The van der Waals surface area contributed by atoms with Gasteiger partial charge in [-0.25, -0.2) is 4.79 Å². The summed E-state index contributed by atoms with van der Waals surface area (Å²) >= 11 is 0. The van der Waals surface area contributed by atoms with Crippen LogP contribution >= 0.6 is 0 Å². The van der Waals surface area contributed by atoms with Gasteiger partial charge in [-0.1, -0.05) is 0 Å². The van der Waals surface area contributed by atoms with Crippen molar-refractivity contribution in [2.45, 2.75) is 74.8 Å². The predicted octanol–water partition coefficient (Wildman–Crippen LogP) is -0.738. The first-order valence-corrected chi connectivity index (χ1v) is 9.41. The second-order valence-electron chi connectivity index (χ2n) is 8.86. The molecule has 10 nitrogen and oxygen atoms in total. The Labute approximate surface area is 163 Å². The van der Waals surface area contributed by atoms with Crippen molar-refractivity contribution in [2.24, 2.45) is 11.7 Å². The fourth-order valence-electron chi connectivity index (χ4n) is 4.94. The van der Waals surface area contributed by atoms with Gasteiger partial charge in [0.1, 0.15) is 24.6 Å². The fraction of sp³-hybridized carbons (Fsp3) is 0.944. The smallest absolute Gasteiger partial charge is 0.337 e. The maximum atomic E-state index is 12.5. The fourth-order valence-corrected chi connectivity index (χ4v) is 4.94. The molecule has 0 bridgehead atoms. The molecule has 160 valence electrons. The van der Waals surface area contributed by atoms with Crippen molar-refractivity contribution in [3.05, 3.63) is 0 Å². The highest BCUT2D eigenvalue weighted by Crippen LogP contribution is 2.55. The molecule has 10 heteroatoms. The molecule has 7 atom stereocenters. The lowest BCUT2D eigenvalue weighted by atomic mass is 9.59. The number of ether oxygens (including phenoxy) is 7. The van der Waals surface area contributed by atoms with Crippen molar-refractivity contribution in [1.29, 1.82) is 0 Å². The number of aliphatic hydroxyl groups is 1. The SMILES string of the molecule is COCO[C@@H]1C(=O)OC[C@H]2[C@@H](O)[C@@]3(COC(C)(C)O3)[C@H]3OC(C)(C)O[C@H]3[C@@]12N. The summed E-state index contributed by atoms with van der Waals surface area (Å²) in [5.74, 6) is -3.28. The highest BCUT2D eigenvalue weighted by atomic mass is 16.8. The van der Waals surface area contributed by atoms with Gasteiger partial charge in [0.05, 0.1) is 24.9 Å². The van der Waals surface area contributed by atoms with Crippen LogP contribution in [0, 0.1) is 5.92 Å². The number of cyclic esters (lactones) is 1. The molecule has 3 saturated heterocycles. The molecule has 1 spiro atoms. The van der Waals surface area contributed by atoms with Crippen molar-refractivity contribution >= 4 is 5.97 Å². The van der Waals surface area contributed by atoms with Gasteiger partial charge in [0.25, 0.3) is 0 Å². The Balaban J connectivity index is 1.80. The third-order valence-electron chi connectivity index (χ3n) is 6.10. The van der Waals surface area contributed by atoms with Gasteiger partial charge >= 0.3 is 5.97 Å². The minimum absolute atomic E-state index is 0.0892. The number of rotatable bonds is 3. The zero-order chi connectivity index (χ0) is 20.5. The first-order valence-electron chi connectivity index (χ1n) is 9.41. The third-order valence-corrected chi connectivity index (χ3v) is 6.10. The second kappa shape index (κ2) is 6.32. The van der Waals surface area contributed by atoms with Crippen LogP contribution in [-0.2, 0) is 38.0 Å². The summed E-state index contributed by atoms with van der Waals surface area (Å²) in [6.45, 7) is 6.85. The van der Waals surface area contributed by atoms with Crippen LogP contribution in [0.25, 0.3) is 0 Å². The van der Waals surface area contributed by atoms with Crippen LogP contribution in [0.4, 0.5) is 0 Å². The minimum atomic E-state index is -1.41. The molecule has 0 unspecified atom stereocenters. The first-order chi connectivity index (χ1) is 13.0. The summed E-state index contributed by atoms with van der Waals surface area (Å²) in [6, 6.07) is 0. The lowest BCUT2D eigenvalue weighted by Gasteiger charge is -2.58. The zero-order valence-corrected chi connectivity index (χ0v) is 16.8. The Kier molecular flexibility index (Phi) is 4.61. The molecule has 3 N–H and O–H groups in total. The first kappa shape index (κ1) is 20.4. The molecule has 0 aromatic carbocycles. The molecule has 1 aliphatic carbocycles. The molecule has 4 rings (SSSR count). The third kappa shape index (κ3) is 2.74. The monoisotopic (exact) mass is 403 g/mol. The van der Waals surface area contributed by atoms with Gasteiger partial charge < -0.3 is 44.0 Å². The van der Waals surface area contributed by atoms with Gasteiger partial charge in [-0.15, -0.1) is 0 Å². The number of carbonyl (C=O) groups excluding carboxylic acids is 1. The van der Waals surface area contributed by atoms with Crippen molar-refractivity contribution in [3.8, 4) is 0 Å². The van der Waals surface area contributed by atoms with E-state index in [1.54, 1.807) is 27.7 Å².